The van der Waals surface area contributed by atoms with Crippen molar-refractivity contribution in [1.82, 2.24) is 0 Å². The maximum atomic E-state index is 14.4. The molecule has 6 aromatic carbocycles. The summed E-state index contributed by atoms with van der Waals surface area (Å²) in [6, 6.07) is 44.7. The van der Waals surface area contributed by atoms with Gasteiger partial charge in [-0.3, -0.25) is 0 Å². The van der Waals surface area contributed by atoms with Crippen molar-refractivity contribution in [3.05, 3.63) is 145 Å². The number of benzene rings is 6. The van der Waals surface area contributed by atoms with E-state index in [1.54, 1.807) is 17.4 Å². The van der Waals surface area contributed by atoms with Gasteiger partial charge in [-0.25, -0.2) is 4.39 Å². The summed E-state index contributed by atoms with van der Waals surface area (Å²) in [5.41, 5.74) is 9.21. The molecule has 3 heteroatoms. The summed E-state index contributed by atoms with van der Waals surface area (Å²) < 4.78 is 16.8. The molecule has 0 aliphatic heterocycles. The van der Waals surface area contributed by atoms with Gasteiger partial charge in [0, 0.05) is 43.1 Å². The second-order valence-electron chi connectivity index (χ2n) is 9.84. The van der Waals surface area contributed by atoms with Crippen molar-refractivity contribution < 1.29 is 4.39 Å². The van der Waals surface area contributed by atoms with Crippen LogP contribution >= 0.6 is 11.3 Å². The minimum Gasteiger partial charge on any atom is -0.308 e. The fraction of sp³-hybridized carbons (Fsp3) is 0. The quantitative estimate of drug-likeness (QED) is 0.213. The van der Waals surface area contributed by atoms with Crippen molar-refractivity contribution >= 4 is 37.7 Å². The molecule has 7 rings (SSSR count). The fourth-order valence-corrected chi connectivity index (χ4v) is 6.90. The van der Waals surface area contributed by atoms with E-state index < -0.39 is 0 Å². The van der Waals surface area contributed by atoms with Gasteiger partial charge in [0.05, 0.1) is 0 Å². The molecule has 0 aliphatic carbocycles. The normalized spacial score (nSPS) is 11.2. The Balaban J connectivity index is 1.49. The number of fused-ring (bicyclic) bond motifs is 3. The van der Waals surface area contributed by atoms with E-state index in [1.165, 1.54) is 28.1 Å². The average Bonchev–Trinajstić information content (AvgIpc) is 3.41. The average molecular weight is 534 g/mol. The summed E-state index contributed by atoms with van der Waals surface area (Å²) >= 11 is 1.78. The van der Waals surface area contributed by atoms with E-state index in [9.17, 15) is 4.39 Å². The van der Waals surface area contributed by atoms with Gasteiger partial charge in [-0.05, 0) is 51.6 Å². The van der Waals surface area contributed by atoms with Crippen molar-refractivity contribution in [3.8, 4) is 44.5 Å². The highest BCUT2D eigenvalue weighted by molar-refractivity contribution is 7.27. The topological polar surface area (TPSA) is 23.9 Å². The number of halogens is 1. The van der Waals surface area contributed by atoms with Gasteiger partial charge in [0.2, 0.25) is 0 Å². The SMILES string of the molecule is N=Cc1ccc(-c2ccc(-c3ccccc3F)cc2)c2sc3c(-c4ccccc4)cc(-c4ccccc4)cc3c12. The molecule has 7 aromatic rings. The van der Waals surface area contributed by atoms with Crippen LogP contribution in [-0.2, 0) is 0 Å². The Bertz CT molecular complexity index is 2010. The summed E-state index contributed by atoms with van der Waals surface area (Å²) in [7, 11) is 0. The van der Waals surface area contributed by atoms with Crippen LogP contribution in [0, 0.1) is 11.2 Å². The van der Waals surface area contributed by atoms with Gasteiger partial charge in [-0.2, -0.15) is 0 Å². The molecule has 1 nitrogen and oxygen atoms in total. The zero-order chi connectivity index (χ0) is 27.1. The zero-order valence-corrected chi connectivity index (χ0v) is 22.4. The molecule has 190 valence electrons. The van der Waals surface area contributed by atoms with Crippen LogP contribution in [0.2, 0.25) is 0 Å². The standard InChI is InChI=1S/C37H24FNS/c38-34-14-8-7-13-30(34)26-15-17-27(18-16-26)31-20-19-28(23-39)35-33-22-29(24-9-3-1-4-10-24)21-32(36(33)40-37(31)35)25-11-5-2-6-12-25/h1-23,39H. The molecule has 0 aliphatic rings. The number of hydrogen-bond donors (Lipinski definition) is 1. The van der Waals surface area contributed by atoms with Crippen molar-refractivity contribution in [2.24, 2.45) is 0 Å². The van der Waals surface area contributed by atoms with Gasteiger partial charge in [-0.15, -0.1) is 11.3 Å². The van der Waals surface area contributed by atoms with Crippen LogP contribution in [0.3, 0.4) is 0 Å². The van der Waals surface area contributed by atoms with Gasteiger partial charge >= 0.3 is 0 Å². The van der Waals surface area contributed by atoms with Gasteiger partial charge in [0.25, 0.3) is 0 Å². The third kappa shape index (κ3) is 4.12. The van der Waals surface area contributed by atoms with Crippen molar-refractivity contribution in [1.29, 1.82) is 5.41 Å². The molecule has 0 fully saturated rings. The van der Waals surface area contributed by atoms with Crippen LogP contribution in [0.25, 0.3) is 64.7 Å². The Kier molecular flexibility index (Phi) is 6.07. The van der Waals surface area contributed by atoms with Crippen molar-refractivity contribution in [3.63, 3.8) is 0 Å². The highest BCUT2D eigenvalue weighted by Crippen LogP contribution is 2.46. The third-order valence-electron chi connectivity index (χ3n) is 7.48. The second kappa shape index (κ2) is 10.0. The molecule has 0 amide bonds. The molecule has 40 heavy (non-hydrogen) atoms. The van der Waals surface area contributed by atoms with Crippen LogP contribution < -0.4 is 0 Å². The zero-order valence-electron chi connectivity index (χ0n) is 21.6. The number of nitrogens with one attached hydrogen (secondary N) is 1. The van der Waals surface area contributed by atoms with Crippen LogP contribution in [0.15, 0.2) is 133 Å². The predicted molar refractivity (Wildman–Crippen MR) is 169 cm³/mol. The molecule has 0 unspecified atom stereocenters. The van der Waals surface area contributed by atoms with Crippen molar-refractivity contribution in [2.75, 3.05) is 0 Å². The molecule has 1 aromatic heterocycles. The first-order valence-electron chi connectivity index (χ1n) is 13.2. The number of rotatable bonds is 5. The Morgan fingerprint density at radius 1 is 0.500 bits per heavy atom. The van der Waals surface area contributed by atoms with E-state index in [1.807, 2.05) is 42.5 Å². The summed E-state index contributed by atoms with van der Waals surface area (Å²) in [5.74, 6) is -0.222. The summed E-state index contributed by atoms with van der Waals surface area (Å²) in [5, 5.41) is 10.5. The molecule has 1 N–H and O–H groups in total. The molecule has 0 radical (unpaired) electrons. The first kappa shape index (κ1) is 24.2. The van der Waals surface area contributed by atoms with Crippen molar-refractivity contribution in [2.45, 2.75) is 0 Å². The number of hydrogen-bond acceptors (Lipinski definition) is 2. The summed E-state index contributed by atoms with van der Waals surface area (Å²) in [6.07, 6.45) is 1.46. The molecular weight excluding hydrogens is 509 g/mol. The van der Waals surface area contributed by atoms with Gasteiger partial charge < -0.3 is 5.41 Å². The van der Waals surface area contributed by atoms with Gasteiger partial charge in [0.1, 0.15) is 5.82 Å². The lowest BCUT2D eigenvalue weighted by Crippen LogP contribution is -1.87. The fourth-order valence-electron chi connectivity index (χ4n) is 5.51. The van der Waals surface area contributed by atoms with Crippen LogP contribution in [0.1, 0.15) is 5.56 Å². The van der Waals surface area contributed by atoms with E-state index in [0.29, 0.717) is 5.56 Å². The summed E-state index contributed by atoms with van der Waals surface area (Å²) in [6.45, 7) is 0. The Labute approximate surface area is 236 Å². The van der Waals surface area contributed by atoms with Gasteiger partial charge in [-0.1, -0.05) is 115 Å². The second-order valence-corrected chi connectivity index (χ2v) is 10.9. The van der Waals surface area contributed by atoms with E-state index in [-0.39, 0.29) is 5.82 Å². The molecular formula is C37H24FNS. The van der Waals surface area contributed by atoms with E-state index in [4.69, 9.17) is 5.41 Å². The van der Waals surface area contributed by atoms with Crippen LogP contribution in [-0.4, -0.2) is 6.21 Å². The van der Waals surface area contributed by atoms with E-state index >= 15 is 0 Å². The molecule has 0 saturated heterocycles. The Morgan fingerprint density at radius 3 is 1.77 bits per heavy atom. The minimum atomic E-state index is -0.222. The van der Waals surface area contributed by atoms with E-state index in [0.717, 1.165) is 48.9 Å². The smallest absolute Gasteiger partial charge is 0.131 e. The summed E-state index contributed by atoms with van der Waals surface area (Å²) in [4.78, 5) is 0. The lowest BCUT2D eigenvalue weighted by molar-refractivity contribution is 0.631. The first-order valence-corrected chi connectivity index (χ1v) is 14.0. The molecule has 1 heterocycles. The largest absolute Gasteiger partial charge is 0.308 e. The number of thiophene rings is 1. The van der Waals surface area contributed by atoms with Crippen LogP contribution in [0.4, 0.5) is 4.39 Å². The molecule has 0 saturated carbocycles. The molecule has 0 spiro atoms. The Hall–Kier alpha value is -4.86. The lowest BCUT2D eigenvalue weighted by atomic mass is 9.93. The minimum absolute atomic E-state index is 0.222. The highest BCUT2D eigenvalue weighted by Gasteiger charge is 2.18. The van der Waals surface area contributed by atoms with Crippen LogP contribution in [0.5, 0.6) is 0 Å². The Morgan fingerprint density at radius 2 is 1.10 bits per heavy atom. The van der Waals surface area contributed by atoms with Gasteiger partial charge in [0.15, 0.2) is 0 Å². The lowest BCUT2D eigenvalue weighted by Gasteiger charge is -2.10. The maximum absolute atomic E-state index is 14.4. The maximum Gasteiger partial charge on any atom is 0.131 e. The monoisotopic (exact) mass is 533 g/mol. The molecule has 0 bridgehead atoms. The first-order chi connectivity index (χ1) is 19.7. The predicted octanol–water partition coefficient (Wildman–Crippen LogP) is 10.9. The third-order valence-corrected chi connectivity index (χ3v) is 8.75. The highest BCUT2D eigenvalue weighted by atomic mass is 32.1. The molecule has 0 atom stereocenters. The van der Waals surface area contributed by atoms with E-state index in [2.05, 4.69) is 78.9 Å².